The van der Waals surface area contributed by atoms with Crippen molar-refractivity contribution < 1.29 is 0 Å². The molecule has 0 unspecified atom stereocenters. The number of pyridine rings is 1. The number of aromatic nitrogens is 3. The molecule has 20 heavy (non-hydrogen) atoms. The van der Waals surface area contributed by atoms with Crippen molar-refractivity contribution in [3.63, 3.8) is 0 Å². The van der Waals surface area contributed by atoms with Crippen molar-refractivity contribution in [2.24, 2.45) is 5.92 Å². The van der Waals surface area contributed by atoms with Crippen molar-refractivity contribution in [1.82, 2.24) is 19.9 Å². The molecule has 2 aromatic rings. The van der Waals surface area contributed by atoms with Crippen molar-refractivity contribution in [3.05, 3.63) is 42.1 Å². The lowest BCUT2D eigenvalue weighted by atomic mass is 10.2. The van der Waals surface area contributed by atoms with Gasteiger partial charge < -0.3 is 5.32 Å². The van der Waals surface area contributed by atoms with E-state index in [1.54, 1.807) is 0 Å². The molecule has 0 aliphatic rings. The molecule has 0 amide bonds. The second kappa shape index (κ2) is 7.20. The normalized spacial score (nSPS) is 11.2. The Hall–Kier alpha value is -1.68. The Morgan fingerprint density at radius 1 is 1.30 bits per heavy atom. The molecule has 0 saturated heterocycles. The summed E-state index contributed by atoms with van der Waals surface area (Å²) in [4.78, 5) is 9.12. The van der Waals surface area contributed by atoms with Gasteiger partial charge in [-0.2, -0.15) is 0 Å². The average Bonchev–Trinajstić information content (AvgIpc) is 2.87. The summed E-state index contributed by atoms with van der Waals surface area (Å²) >= 11 is 0. The largest absolute Gasteiger partial charge is 0.311 e. The van der Waals surface area contributed by atoms with Gasteiger partial charge >= 0.3 is 0 Å². The zero-order valence-electron chi connectivity index (χ0n) is 12.6. The topological polar surface area (TPSA) is 42.7 Å². The predicted molar refractivity (Wildman–Crippen MR) is 81.9 cm³/mol. The third-order valence-electron chi connectivity index (χ3n) is 3.09. The minimum atomic E-state index is 0.656. The van der Waals surface area contributed by atoms with Crippen LogP contribution >= 0.6 is 0 Å². The first-order valence-electron chi connectivity index (χ1n) is 7.40. The minimum Gasteiger partial charge on any atom is -0.311 e. The van der Waals surface area contributed by atoms with Gasteiger partial charge in [0.25, 0.3) is 0 Å². The lowest BCUT2D eigenvalue weighted by Gasteiger charge is -2.10. The van der Waals surface area contributed by atoms with E-state index in [0.717, 1.165) is 43.3 Å². The van der Waals surface area contributed by atoms with Crippen LogP contribution in [0.1, 0.15) is 38.7 Å². The van der Waals surface area contributed by atoms with E-state index < -0.39 is 0 Å². The van der Waals surface area contributed by atoms with Gasteiger partial charge in [0, 0.05) is 25.4 Å². The van der Waals surface area contributed by atoms with Gasteiger partial charge in [-0.3, -0.25) is 4.57 Å². The maximum absolute atomic E-state index is 4.72. The first-order valence-corrected chi connectivity index (χ1v) is 7.40. The lowest BCUT2D eigenvalue weighted by molar-refractivity contribution is 0.548. The molecule has 1 N–H and O–H groups in total. The van der Waals surface area contributed by atoms with E-state index in [1.807, 2.05) is 18.5 Å². The van der Waals surface area contributed by atoms with E-state index >= 15 is 0 Å². The van der Waals surface area contributed by atoms with Gasteiger partial charge in [-0.25, -0.2) is 9.97 Å². The van der Waals surface area contributed by atoms with Crippen LogP contribution < -0.4 is 5.32 Å². The SMILES string of the molecule is CCCc1nccn1-c1cccc(CNCC(C)C)n1. The molecule has 0 bridgehead atoms. The monoisotopic (exact) mass is 272 g/mol. The van der Waals surface area contributed by atoms with E-state index in [1.165, 1.54) is 0 Å². The fourth-order valence-electron chi connectivity index (χ4n) is 2.14. The molecule has 2 heterocycles. The molecule has 108 valence electrons. The van der Waals surface area contributed by atoms with Crippen molar-refractivity contribution in [1.29, 1.82) is 0 Å². The van der Waals surface area contributed by atoms with Crippen LogP contribution in [0, 0.1) is 5.92 Å². The molecule has 0 fully saturated rings. The second-order valence-electron chi connectivity index (χ2n) is 5.48. The third-order valence-corrected chi connectivity index (χ3v) is 3.09. The van der Waals surface area contributed by atoms with Crippen molar-refractivity contribution >= 4 is 0 Å². The van der Waals surface area contributed by atoms with E-state index in [9.17, 15) is 0 Å². The van der Waals surface area contributed by atoms with Gasteiger partial charge in [-0.05, 0) is 31.0 Å². The van der Waals surface area contributed by atoms with Crippen molar-refractivity contribution in [2.75, 3.05) is 6.54 Å². The quantitative estimate of drug-likeness (QED) is 0.842. The van der Waals surface area contributed by atoms with Crippen LogP contribution in [0.2, 0.25) is 0 Å². The number of rotatable bonds is 7. The zero-order chi connectivity index (χ0) is 14.4. The van der Waals surface area contributed by atoms with Crippen LogP contribution in [-0.2, 0) is 13.0 Å². The third kappa shape index (κ3) is 3.90. The predicted octanol–water partition coefficient (Wildman–Crippen LogP) is 2.97. The highest BCUT2D eigenvalue weighted by Crippen LogP contribution is 2.10. The van der Waals surface area contributed by atoms with E-state index in [2.05, 4.69) is 47.8 Å². The number of hydrogen-bond acceptors (Lipinski definition) is 3. The first kappa shape index (κ1) is 14.7. The number of nitrogens with one attached hydrogen (secondary N) is 1. The van der Waals surface area contributed by atoms with Crippen molar-refractivity contribution in [2.45, 2.75) is 40.2 Å². The van der Waals surface area contributed by atoms with Gasteiger partial charge in [0.1, 0.15) is 11.6 Å². The minimum absolute atomic E-state index is 0.656. The first-order chi connectivity index (χ1) is 9.70. The van der Waals surface area contributed by atoms with E-state index in [4.69, 9.17) is 4.98 Å². The second-order valence-corrected chi connectivity index (χ2v) is 5.48. The summed E-state index contributed by atoms with van der Waals surface area (Å²) in [6, 6.07) is 6.16. The Morgan fingerprint density at radius 2 is 2.15 bits per heavy atom. The fraction of sp³-hybridized carbons (Fsp3) is 0.500. The van der Waals surface area contributed by atoms with Crippen LogP contribution in [-0.4, -0.2) is 21.1 Å². The molecule has 0 aliphatic carbocycles. The van der Waals surface area contributed by atoms with Gasteiger partial charge in [-0.1, -0.05) is 26.8 Å². The Bertz CT molecular complexity index is 531. The van der Waals surface area contributed by atoms with E-state index in [0.29, 0.717) is 5.92 Å². The zero-order valence-corrected chi connectivity index (χ0v) is 12.6. The summed E-state index contributed by atoms with van der Waals surface area (Å²) in [7, 11) is 0. The molecular formula is C16H24N4. The summed E-state index contributed by atoms with van der Waals surface area (Å²) in [5, 5.41) is 3.43. The van der Waals surface area contributed by atoms with Gasteiger partial charge in [0.2, 0.25) is 0 Å². The highest BCUT2D eigenvalue weighted by atomic mass is 15.1. The molecule has 0 radical (unpaired) electrons. The number of aryl methyl sites for hydroxylation is 1. The number of nitrogens with zero attached hydrogens (tertiary/aromatic N) is 3. The highest BCUT2D eigenvalue weighted by Gasteiger charge is 2.06. The lowest BCUT2D eigenvalue weighted by Crippen LogP contribution is -2.20. The summed E-state index contributed by atoms with van der Waals surface area (Å²) in [6.07, 6.45) is 5.90. The molecule has 0 spiro atoms. The molecule has 4 nitrogen and oxygen atoms in total. The van der Waals surface area contributed by atoms with Gasteiger partial charge in [0.05, 0.1) is 5.69 Å². The maximum Gasteiger partial charge on any atom is 0.138 e. The Balaban J connectivity index is 2.10. The molecule has 0 saturated carbocycles. The smallest absolute Gasteiger partial charge is 0.138 e. The molecular weight excluding hydrogens is 248 g/mol. The molecule has 0 atom stereocenters. The summed E-state index contributed by atoms with van der Waals surface area (Å²) < 4.78 is 2.08. The van der Waals surface area contributed by atoms with Crippen LogP contribution in [0.25, 0.3) is 5.82 Å². The van der Waals surface area contributed by atoms with Gasteiger partial charge in [-0.15, -0.1) is 0 Å². The van der Waals surface area contributed by atoms with E-state index in [-0.39, 0.29) is 0 Å². The van der Waals surface area contributed by atoms with Gasteiger partial charge in [0.15, 0.2) is 0 Å². The standard InChI is InChI=1S/C16H24N4/c1-4-6-15-18-9-10-20(15)16-8-5-7-14(19-16)12-17-11-13(2)3/h5,7-10,13,17H,4,6,11-12H2,1-3H3. The molecule has 2 aromatic heterocycles. The van der Waals surface area contributed by atoms with Crippen LogP contribution in [0.15, 0.2) is 30.6 Å². The average molecular weight is 272 g/mol. The summed E-state index contributed by atoms with van der Waals surface area (Å²) in [5.41, 5.74) is 1.07. The number of hydrogen-bond donors (Lipinski definition) is 1. The molecule has 2 rings (SSSR count). The Labute approximate surface area is 121 Å². The fourth-order valence-corrected chi connectivity index (χ4v) is 2.14. The number of imidazole rings is 1. The molecule has 0 aliphatic heterocycles. The maximum atomic E-state index is 4.72. The van der Waals surface area contributed by atoms with Crippen LogP contribution in [0.4, 0.5) is 0 Å². The van der Waals surface area contributed by atoms with Crippen LogP contribution in [0.3, 0.4) is 0 Å². The summed E-state index contributed by atoms with van der Waals surface area (Å²) in [6.45, 7) is 8.40. The van der Waals surface area contributed by atoms with Crippen molar-refractivity contribution in [3.8, 4) is 5.82 Å². The molecule has 0 aromatic carbocycles. The molecule has 4 heteroatoms. The Kier molecular flexibility index (Phi) is 5.30. The highest BCUT2D eigenvalue weighted by molar-refractivity contribution is 5.26. The summed E-state index contributed by atoms with van der Waals surface area (Å²) in [5.74, 6) is 2.69. The van der Waals surface area contributed by atoms with Crippen LogP contribution in [0.5, 0.6) is 0 Å². The Morgan fingerprint density at radius 3 is 2.90 bits per heavy atom.